The molecule has 0 bridgehead atoms. The van der Waals surface area contributed by atoms with Gasteiger partial charge in [0.25, 0.3) is 0 Å². The fraction of sp³-hybridized carbons (Fsp3) is 1.00. The van der Waals surface area contributed by atoms with Gasteiger partial charge in [0, 0.05) is 4.83 Å². The molecule has 2 rings (SSSR count). The van der Waals surface area contributed by atoms with E-state index in [1.807, 2.05) is 0 Å². The molecule has 2 aliphatic rings. The first-order valence-electron chi connectivity index (χ1n) is 3.71. The molecule has 1 aliphatic heterocycles. The molecule has 2 heteroatoms. The van der Waals surface area contributed by atoms with Gasteiger partial charge in [-0.15, -0.1) is 0 Å². The van der Waals surface area contributed by atoms with Crippen LogP contribution in [0, 0.1) is 11.8 Å². The van der Waals surface area contributed by atoms with Crippen molar-refractivity contribution >= 4 is 15.9 Å². The van der Waals surface area contributed by atoms with Crippen molar-refractivity contribution in [3.8, 4) is 0 Å². The molecule has 1 aliphatic carbocycles. The molecule has 0 spiro atoms. The van der Waals surface area contributed by atoms with Gasteiger partial charge in [0.15, 0.2) is 0 Å². The lowest BCUT2D eigenvalue weighted by Gasteiger charge is -2.02. The molecule has 0 aromatic carbocycles. The summed E-state index contributed by atoms with van der Waals surface area (Å²) in [5.41, 5.74) is 0. The zero-order valence-corrected chi connectivity index (χ0v) is 7.02. The van der Waals surface area contributed by atoms with Gasteiger partial charge in [0.05, 0.1) is 0 Å². The number of halogens is 1. The molecule has 1 saturated heterocycles. The molecule has 9 heavy (non-hydrogen) atoms. The van der Waals surface area contributed by atoms with Gasteiger partial charge in [-0.3, -0.25) is 0 Å². The molecule has 0 radical (unpaired) electrons. The number of hydrogen-bond donors (Lipinski definition) is 1. The van der Waals surface area contributed by atoms with E-state index in [9.17, 15) is 0 Å². The molecule has 0 unspecified atom stereocenters. The molecule has 3 atom stereocenters. The van der Waals surface area contributed by atoms with Crippen LogP contribution < -0.4 is 5.32 Å². The van der Waals surface area contributed by atoms with Gasteiger partial charge in [0.2, 0.25) is 0 Å². The smallest absolute Gasteiger partial charge is 0.0152 e. The van der Waals surface area contributed by atoms with Crippen molar-refractivity contribution in [2.45, 2.75) is 17.7 Å². The number of alkyl halides is 1. The highest BCUT2D eigenvalue weighted by molar-refractivity contribution is 9.09. The van der Waals surface area contributed by atoms with Gasteiger partial charge in [-0.2, -0.15) is 0 Å². The van der Waals surface area contributed by atoms with Crippen LogP contribution in [0.25, 0.3) is 0 Å². The third-order valence-corrected chi connectivity index (χ3v) is 3.34. The Labute approximate surface area is 64.3 Å². The molecule has 2 fully saturated rings. The van der Waals surface area contributed by atoms with Crippen LogP contribution >= 0.6 is 15.9 Å². The van der Waals surface area contributed by atoms with E-state index in [4.69, 9.17) is 0 Å². The first kappa shape index (κ1) is 6.17. The molecule has 1 N–H and O–H groups in total. The van der Waals surface area contributed by atoms with Crippen molar-refractivity contribution in [3.05, 3.63) is 0 Å². The summed E-state index contributed by atoms with van der Waals surface area (Å²) in [5, 5.41) is 3.42. The van der Waals surface area contributed by atoms with Gasteiger partial charge in [0.1, 0.15) is 0 Å². The summed E-state index contributed by atoms with van der Waals surface area (Å²) in [4.78, 5) is 0.828. The molecular weight excluding hydrogens is 178 g/mol. The van der Waals surface area contributed by atoms with E-state index >= 15 is 0 Å². The van der Waals surface area contributed by atoms with Gasteiger partial charge in [-0.05, 0) is 37.8 Å². The summed E-state index contributed by atoms with van der Waals surface area (Å²) >= 11 is 3.67. The van der Waals surface area contributed by atoms with Gasteiger partial charge >= 0.3 is 0 Å². The molecule has 1 saturated carbocycles. The Morgan fingerprint density at radius 1 is 1.11 bits per heavy atom. The van der Waals surface area contributed by atoms with Crippen molar-refractivity contribution in [2.75, 3.05) is 13.1 Å². The second-order valence-corrected chi connectivity index (χ2v) is 4.54. The number of hydrogen-bond acceptors (Lipinski definition) is 1. The Balaban J connectivity index is 2.02. The summed E-state index contributed by atoms with van der Waals surface area (Å²) in [6.07, 6.45) is 2.80. The Hall–Kier alpha value is 0.440. The Bertz CT molecular complexity index is 103. The summed E-state index contributed by atoms with van der Waals surface area (Å²) < 4.78 is 0. The molecule has 0 aromatic rings. The first-order valence-corrected chi connectivity index (χ1v) is 4.62. The van der Waals surface area contributed by atoms with E-state index in [1.54, 1.807) is 0 Å². The molecule has 1 heterocycles. The summed E-state index contributed by atoms with van der Waals surface area (Å²) in [6.45, 7) is 2.54. The molecule has 0 amide bonds. The highest BCUT2D eigenvalue weighted by Gasteiger charge is 2.35. The third kappa shape index (κ3) is 1.03. The van der Waals surface area contributed by atoms with E-state index in [0.29, 0.717) is 0 Å². The standard InChI is InChI=1S/C7H12BrN/c8-7-1-5-3-9-4-6(5)2-7/h5-7,9H,1-4H2/t5-,6+,7+. The predicted octanol–water partition coefficient (Wildman–Crippen LogP) is 1.38. The average Bonchev–Trinajstić information content (AvgIpc) is 2.22. The van der Waals surface area contributed by atoms with E-state index in [-0.39, 0.29) is 0 Å². The quantitative estimate of drug-likeness (QED) is 0.569. The maximum atomic E-state index is 3.67. The lowest BCUT2D eigenvalue weighted by atomic mass is 10.0. The minimum atomic E-state index is 0.828. The van der Waals surface area contributed by atoms with Crippen LogP contribution in [0.5, 0.6) is 0 Å². The fourth-order valence-corrected chi connectivity index (χ4v) is 3.05. The van der Waals surface area contributed by atoms with Gasteiger partial charge < -0.3 is 5.32 Å². The van der Waals surface area contributed by atoms with Crippen LogP contribution in [-0.4, -0.2) is 17.9 Å². The van der Waals surface area contributed by atoms with Crippen LogP contribution in [0.15, 0.2) is 0 Å². The fourth-order valence-electron chi connectivity index (χ4n) is 2.09. The zero-order chi connectivity index (χ0) is 6.27. The van der Waals surface area contributed by atoms with Gasteiger partial charge in [-0.1, -0.05) is 15.9 Å². The van der Waals surface area contributed by atoms with E-state index in [2.05, 4.69) is 21.2 Å². The summed E-state index contributed by atoms with van der Waals surface area (Å²) in [6, 6.07) is 0. The van der Waals surface area contributed by atoms with Crippen molar-refractivity contribution in [2.24, 2.45) is 11.8 Å². The number of fused-ring (bicyclic) bond motifs is 1. The minimum absolute atomic E-state index is 0.828. The lowest BCUT2D eigenvalue weighted by molar-refractivity contribution is 0.494. The largest absolute Gasteiger partial charge is 0.316 e. The van der Waals surface area contributed by atoms with Crippen LogP contribution in [0.1, 0.15) is 12.8 Å². The molecule has 52 valence electrons. The number of nitrogens with one attached hydrogen (secondary N) is 1. The van der Waals surface area contributed by atoms with Crippen molar-refractivity contribution < 1.29 is 0 Å². The maximum absolute atomic E-state index is 3.67. The Kier molecular flexibility index (Phi) is 1.54. The third-order valence-electron chi connectivity index (χ3n) is 2.60. The van der Waals surface area contributed by atoms with Crippen LogP contribution in [0.4, 0.5) is 0 Å². The second-order valence-electron chi connectivity index (χ2n) is 3.25. The molecule has 0 aromatic heterocycles. The average molecular weight is 190 g/mol. The Morgan fingerprint density at radius 3 is 2.22 bits per heavy atom. The van der Waals surface area contributed by atoms with E-state index in [0.717, 1.165) is 16.7 Å². The van der Waals surface area contributed by atoms with Crippen LogP contribution in [0.2, 0.25) is 0 Å². The van der Waals surface area contributed by atoms with Gasteiger partial charge in [-0.25, -0.2) is 0 Å². The Morgan fingerprint density at radius 2 is 1.67 bits per heavy atom. The zero-order valence-electron chi connectivity index (χ0n) is 5.44. The SMILES string of the molecule is Br[C@@H]1C[C@H]2CNC[C@H]2C1. The maximum Gasteiger partial charge on any atom is 0.0152 e. The second kappa shape index (κ2) is 2.24. The topological polar surface area (TPSA) is 12.0 Å². The number of rotatable bonds is 0. The van der Waals surface area contributed by atoms with Crippen LogP contribution in [-0.2, 0) is 0 Å². The molecule has 1 nitrogen and oxygen atoms in total. The normalized spacial score (nSPS) is 49.7. The molecular formula is C7H12BrN. The van der Waals surface area contributed by atoms with E-state index < -0.39 is 0 Å². The van der Waals surface area contributed by atoms with E-state index in [1.165, 1.54) is 25.9 Å². The predicted molar refractivity (Wildman–Crippen MR) is 41.8 cm³/mol. The summed E-state index contributed by atoms with van der Waals surface area (Å²) in [5.74, 6) is 1.99. The van der Waals surface area contributed by atoms with Crippen molar-refractivity contribution in [1.29, 1.82) is 0 Å². The van der Waals surface area contributed by atoms with Crippen LogP contribution in [0.3, 0.4) is 0 Å². The van der Waals surface area contributed by atoms with Crippen molar-refractivity contribution in [3.63, 3.8) is 0 Å². The minimum Gasteiger partial charge on any atom is -0.316 e. The summed E-state index contributed by atoms with van der Waals surface area (Å²) in [7, 11) is 0. The highest BCUT2D eigenvalue weighted by atomic mass is 79.9. The van der Waals surface area contributed by atoms with Crippen molar-refractivity contribution in [1.82, 2.24) is 5.32 Å². The monoisotopic (exact) mass is 189 g/mol. The first-order chi connectivity index (χ1) is 4.36. The highest BCUT2D eigenvalue weighted by Crippen LogP contribution is 2.37. The lowest BCUT2D eigenvalue weighted by Crippen LogP contribution is -2.11.